The lowest BCUT2D eigenvalue weighted by molar-refractivity contribution is 0.182. The molecule has 0 radical (unpaired) electrons. The van der Waals surface area contributed by atoms with Crippen molar-refractivity contribution in [2.24, 2.45) is 0 Å². The molecule has 21 heavy (non-hydrogen) atoms. The summed E-state index contributed by atoms with van der Waals surface area (Å²) < 4.78 is 8.25. The number of rotatable bonds is 5. The van der Waals surface area contributed by atoms with E-state index in [1.54, 1.807) is 7.11 Å². The van der Waals surface area contributed by atoms with Gasteiger partial charge in [0.1, 0.15) is 0 Å². The van der Waals surface area contributed by atoms with Crippen LogP contribution in [0.3, 0.4) is 0 Å². The van der Waals surface area contributed by atoms with Crippen molar-refractivity contribution in [3.05, 3.63) is 45.7 Å². The summed E-state index contributed by atoms with van der Waals surface area (Å²) in [5, 5.41) is 7.99. The zero-order chi connectivity index (χ0) is 14.7. The molecule has 3 rings (SSSR count). The maximum Gasteiger partial charge on any atom is 0.0658 e. The Bertz CT molecular complexity index is 624. The molecular formula is C16H20BrN3O. The van der Waals surface area contributed by atoms with Gasteiger partial charge in [-0.05, 0) is 39.9 Å². The molecule has 2 heterocycles. The summed E-state index contributed by atoms with van der Waals surface area (Å²) in [4.78, 5) is 0. The van der Waals surface area contributed by atoms with E-state index in [-0.39, 0.29) is 0 Å². The van der Waals surface area contributed by atoms with Crippen LogP contribution in [0.1, 0.15) is 23.2 Å². The van der Waals surface area contributed by atoms with Gasteiger partial charge in [0, 0.05) is 25.8 Å². The van der Waals surface area contributed by atoms with E-state index in [9.17, 15) is 0 Å². The Morgan fingerprint density at radius 1 is 1.43 bits per heavy atom. The van der Waals surface area contributed by atoms with E-state index < -0.39 is 0 Å². The zero-order valence-corrected chi connectivity index (χ0v) is 13.8. The molecule has 0 saturated carbocycles. The van der Waals surface area contributed by atoms with Crippen molar-refractivity contribution < 1.29 is 4.74 Å². The number of aromatic nitrogens is 2. The molecule has 2 aromatic rings. The van der Waals surface area contributed by atoms with Gasteiger partial charge in [0.25, 0.3) is 0 Å². The third-order valence-electron chi connectivity index (χ3n) is 3.92. The average Bonchev–Trinajstić information content (AvgIpc) is 2.86. The first-order valence-electron chi connectivity index (χ1n) is 7.33. The summed E-state index contributed by atoms with van der Waals surface area (Å²) in [6, 6.07) is 6.59. The van der Waals surface area contributed by atoms with Crippen molar-refractivity contribution in [2.75, 3.05) is 25.6 Å². The van der Waals surface area contributed by atoms with E-state index in [1.165, 1.54) is 35.3 Å². The van der Waals surface area contributed by atoms with Gasteiger partial charge in [-0.2, -0.15) is 5.10 Å². The standard InChI is InChI=1S/C16H20BrN3O/c1-21-9-8-20-15(14(17)11-19-20)10-13-5-2-4-12-6-3-7-18-16(12)13/h2,4-5,11,18H,3,6-10H2,1H3. The van der Waals surface area contributed by atoms with Crippen LogP contribution in [-0.2, 0) is 24.1 Å². The van der Waals surface area contributed by atoms with Crippen molar-refractivity contribution in [1.82, 2.24) is 9.78 Å². The van der Waals surface area contributed by atoms with Crippen molar-refractivity contribution in [3.63, 3.8) is 0 Å². The topological polar surface area (TPSA) is 39.1 Å². The minimum absolute atomic E-state index is 0.673. The average molecular weight is 350 g/mol. The molecule has 1 N–H and O–H groups in total. The third-order valence-corrected chi connectivity index (χ3v) is 4.59. The highest BCUT2D eigenvalue weighted by molar-refractivity contribution is 9.10. The Balaban J connectivity index is 1.88. The Morgan fingerprint density at radius 2 is 2.33 bits per heavy atom. The number of hydrogen-bond acceptors (Lipinski definition) is 3. The number of nitrogens with one attached hydrogen (secondary N) is 1. The van der Waals surface area contributed by atoms with E-state index in [1.807, 2.05) is 10.9 Å². The quantitative estimate of drug-likeness (QED) is 0.900. The van der Waals surface area contributed by atoms with Crippen LogP contribution in [0, 0.1) is 0 Å². The Kier molecular flexibility index (Phi) is 4.60. The van der Waals surface area contributed by atoms with Crippen LogP contribution < -0.4 is 5.32 Å². The molecule has 112 valence electrons. The zero-order valence-electron chi connectivity index (χ0n) is 12.2. The predicted molar refractivity (Wildman–Crippen MR) is 87.9 cm³/mol. The third kappa shape index (κ3) is 3.14. The molecule has 4 nitrogen and oxygen atoms in total. The van der Waals surface area contributed by atoms with Crippen molar-refractivity contribution in [2.45, 2.75) is 25.8 Å². The smallest absolute Gasteiger partial charge is 0.0658 e. The maximum absolute atomic E-state index is 5.16. The second kappa shape index (κ2) is 6.62. The molecule has 1 aliphatic heterocycles. The first-order chi connectivity index (χ1) is 10.3. The summed E-state index contributed by atoms with van der Waals surface area (Å²) in [5.41, 5.74) is 5.29. The Morgan fingerprint density at radius 3 is 3.19 bits per heavy atom. The lowest BCUT2D eigenvalue weighted by Gasteiger charge is -2.21. The van der Waals surface area contributed by atoms with Gasteiger partial charge >= 0.3 is 0 Å². The second-order valence-electron chi connectivity index (χ2n) is 5.31. The van der Waals surface area contributed by atoms with Crippen molar-refractivity contribution in [3.8, 4) is 0 Å². The molecule has 0 unspecified atom stereocenters. The number of fused-ring (bicyclic) bond motifs is 1. The lowest BCUT2D eigenvalue weighted by Crippen LogP contribution is -2.15. The number of aryl methyl sites for hydroxylation is 1. The van der Waals surface area contributed by atoms with E-state index >= 15 is 0 Å². The molecule has 0 aliphatic carbocycles. The van der Waals surface area contributed by atoms with Crippen LogP contribution >= 0.6 is 15.9 Å². The van der Waals surface area contributed by atoms with Crippen LogP contribution in [0.15, 0.2) is 28.9 Å². The fourth-order valence-corrected chi connectivity index (χ4v) is 3.28. The molecule has 0 bridgehead atoms. The fourth-order valence-electron chi connectivity index (χ4n) is 2.84. The van der Waals surface area contributed by atoms with Crippen LogP contribution in [0.5, 0.6) is 0 Å². The summed E-state index contributed by atoms with van der Waals surface area (Å²) in [5.74, 6) is 0. The molecule has 1 aliphatic rings. The number of nitrogens with zero attached hydrogens (tertiary/aromatic N) is 2. The van der Waals surface area contributed by atoms with E-state index in [2.05, 4.69) is 44.5 Å². The molecule has 1 aromatic carbocycles. The molecule has 0 amide bonds. The SMILES string of the molecule is COCCn1ncc(Br)c1Cc1cccc2c1NCCC2. The number of ether oxygens (including phenoxy) is 1. The number of anilines is 1. The van der Waals surface area contributed by atoms with Gasteiger partial charge in [-0.15, -0.1) is 0 Å². The molecular weight excluding hydrogens is 330 g/mol. The van der Waals surface area contributed by atoms with Crippen LogP contribution in [0.2, 0.25) is 0 Å². The van der Waals surface area contributed by atoms with Gasteiger partial charge in [0.2, 0.25) is 0 Å². The highest BCUT2D eigenvalue weighted by atomic mass is 79.9. The Labute approximate surface area is 133 Å². The summed E-state index contributed by atoms with van der Waals surface area (Å²) >= 11 is 3.62. The minimum atomic E-state index is 0.673. The van der Waals surface area contributed by atoms with Crippen LogP contribution in [-0.4, -0.2) is 30.0 Å². The number of methoxy groups -OCH3 is 1. The Hall–Kier alpha value is -1.33. The number of halogens is 1. The summed E-state index contributed by atoms with van der Waals surface area (Å²) in [6.07, 6.45) is 5.13. The highest BCUT2D eigenvalue weighted by Crippen LogP contribution is 2.29. The molecule has 0 atom stereocenters. The van der Waals surface area contributed by atoms with Gasteiger partial charge < -0.3 is 10.1 Å². The maximum atomic E-state index is 5.16. The molecule has 1 aromatic heterocycles. The summed E-state index contributed by atoms with van der Waals surface area (Å²) in [7, 11) is 1.72. The summed E-state index contributed by atoms with van der Waals surface area (Å²) in [6.45, 7) is 2.51. The van der Waals surface area contributed by atoms with Crippen molar-refractivity contribution in [1.29, 1.82) is 0 Å². The normalized spacial score (nSPS) is 13.8. The van der Waals surface area contributed by atoms with E-state index in [4.69, 9.17) is 4.74 Å². The molecule has 0 saturated heterocycles. The molecule has 0 spiro atoms. The van der Waals surface area contributed by atoms with Gasteiger partial charge in [0.15, 0.2) is 0 Å². The highest BCUT2D eigenvalue weighted by Gasteiger charge is 2.16. The van der Waals surface area contributed by atoms with Crippen molar-refractivity contribution >= 4 is 21.6 Å². The monoisotopic (exact) mass is 349 g/mol. The minimum Gasteiger partial charge on any atom is -0.385 e. The number of benzene rings is 1. The number of para-hydroxylation sites is 1. The first-order valence-corrected chi connectivity index (χ1v) is 8.12. The van der Waals surface area contributed by atoms with E-state index in [0.29, 0.717) is 6.61 Å². The fraction of sp³-hybridized carbons (Fsp3) is 0.438. The second-order valence-corrected chi connectivity index (χ2v) is 6.17. The van der Waals surface area contributed by atoms with Crippen LogP contribution in [0.4, 0.5) is 5.69 Å². The van der Waals surface area contributed by atoms with Gasteiger partial charge in [0.05, 0.1) is 29.5 Å². The van der Waals surface area contributed by atoms with Crippen LogP contribution in [0.25, 0.3) is 0 Å². The van der Waals surface area contributed by atoms with E-state index in [0.717, 1.165) is 24.0 Å². The first kappa shape index (κ1) is 14.6. The molecule has 5 heteroatoms. The lowest BCUT2D eigenvalue weighted by atomic mass is 9.97. The van der Waals surface area contributed by atoms with Gasteiger partial charge in [-0.25, -0.2) is 0 Å². The van der Waals surface area contributed by atoms with Gasteiger partial charge in [-0.3, -0.25) is 4.68 Å². The number of hydrogen-bond donors (Lipinski definition) is 1. The predicted octanol–water partition coefficient (Wildman–Crippen LogP) is 3.24. The largest absolute Gasteiger partial charge is 0.385 e. The molecule has 0 fully saturated rings. The van der Waals surface area contributed by atoms with Gasteiger partial charge in [-0.1, -0.05) is 18.2 Å².